The highest BCUT2D eigenvalue weighted by atomic mass is 33.1. The second-order valence-electron chi connectivity index (χ2n) is 6.13. The number of nitrogens with one attached hydrogen (secondary N) is 1. The Kier molecular flexibility index (Phi) is 10.6. The highest BCUT2D eigenvalue weighted by Gasteiger charge is 2.19. The second kappa shape index (κ2) is 11.9. The van der Waals surface area contributed by atoms with E-state index in [2.05, 4.69) is 5.32 Å². The molecule has 1 fully saturated rings. The summed E-state index contributed by atoms with van der Waals surface area (Å²) in [4.78, 5) is 23.4. The molecular formula is C16H29NO5S2. The molecular weight excluding hydrogens is 350 g/mol. The number of carbonyl (C=O) groups excluding carboxylic acids is 2. The van der Waals surface area contributed by atoms with Gasteiger partial charge in [-0.15, -0.1) is 0 Å². The Morgan fingerprint density at radius 1 is 1.25 bits per heavy atom. The zero-order chi connectivity index (χ0) is 17.9. The third-order valence-electron chi connectivity index (χ3n) is 3.94. The molecule has 0 aromatic rings. The van der Waals surface area contributed by atoms with E-state index in [4.69, 9.17) is 14.6 Å². The SMILES string of the molecule is CC(OC(=O)CCCC[C@@H]1CCSS1)OC(=O)NC(C)C(C)CO. The first-order valence-electron chi connectivity index (χ1n) is 8.48. The lowest BCUT2D eigenvalue weighted by Gasteiger charge is -2.20. The molecule has 1 aliphatic heterocycles. The molecule has 140 valence electrons. The van der Waals surface area contributed by atoms with Gasteiger partial charge in [0, 0.05) is 37.0 Å². The number of unbranched alkanes of at least 4 members (excludes halogenated alkanes) is 1. The molecule has 3 unspecified atom stereocenters. The van der Waals surface area contributed by atoms with Gasteiger partial charge in [-0.05, 0) is 32.1 Å². The number of esters is 1. The maximum absolute atomic E-state index is 11.7. The van der Waals surface area contributed by atoms with Crippen LogP contribution >= 0.6 is 21.6 Å². The molecule has 1 saturated heterocycles. The summed E-state index contributed by atoms with van der Waals surface area (Å²) in [6, 6.07) is -0.225. The summed E-state index contributed by atoms with van der Waals surface area (Å²) < 4.78 is 10.1. The van der Waals surface area contributed by atoms with Crippen LogP contribution in [0.1, 0.15) is 52.9 Å². The molecule has 1 amide bonds. The molecule has 0 bridgehead atoms. The number of aliphatic hydroxyl groups excluding tert-OH is 1. The Morgan fingerprint density at radius 3 is 2.62 bits per heavy atom. The van der Waals surface area contributed by atoms with Crippen LogP contribution in [0.5, 0.6) is 0 Å². The molecule has 2 N–H and O–H groups in total. The van der Waals surface area contributed by atoms with Crippen LogP contribution in [-0.2, 0) is 14.3 Å². The van der Waals surface area contributed by atoms with Crippen LogP contribution in [0.15, 0.2) is 0 Å². The van der Waals surface area contributed by atoms with E-state index in [1.54, 1.807) is 6.92 Å². The number of amides is 1. The van der Waals surface area contributed by atoms with Gasteiger partial charge in [-0.2, -0.15) is 0 Å². The number of carbonyl (C=O) groups is 2. The van der Waals surface area contributed by atoms with Gasteiger partial charge in [0.2, 0.25) is 6.29 Å². The number of hydrogen-bond acceptors (Lipinski definition) is 7. The van der Waals surface area contributed by atoms with Crippen LogP contribution in [0.4, 0.5) is 4.79 Å². The maximum Gasteiger partial charge on any atom is 0.410 e. The average molecular weight is 380 g/mol. The molecule has 0 spiro atoms. The van der Waals surface area contributed by atoms with Gasteiger partial charge in [-0.25, -0.2) is 4.79 Å². The largest absolute Gasteiger partial charge is 0.425 e. The Hall–Kier alpha value is -0.600. The topological polar surface area (TPSA) is 84.9 Å². The fourth-order valence-electron chi connectivity index (χ4n) is 2.14. The van der Waals surface area contributed by atoms with Crippen LogP contribution in [0.3, 0.4) is 0 Å². The van der Waals surface area contributed by atoms with Gasteiger partial charge in [0.05, 0.1) is 0 Å². The third kappa shape index (κ3) is 9.03. The zero-order valence-corrected chi connectivity index (χ0v) is 16.3. The van der Waals surface area contributed by atoms with E-state index >= 15 is 0 Å². The van der Waals surface area contributed by atoms with Gasteiger partial charge < -0.3 is 19.9 Å². The Balaban J connectivity index is 2.10. The summed E-state index contributed by atoms with van der Waals surface area (Å²) >= 11 is 0. The van der Waals surface area contributed by atoms with Gasteiger partial charge >= 0.3 is 12.1 Å². The summed E-state index contributed by atoms with van der Waals surface area (Å²) in [5, 5.41) is 12.4. The maximum atomic E-state index is 11.7. The molecule has 0 aromatic carbocycles. The smallest absolute Gasteiger partial charge is 0.410 e. The standard InChI is InChI=1S/C16H29NO5S2/c1-11(10-18)12(2)17-16(20)22-13(3)21-15(19)7-5-4-6-14-8-9-23-24-14/h11-14,18H,4-10H2,1-3H3,(H,17,20)/t11?,12?,13?,14-/m1/s1. The van der Waals surface area contributed by atoms with Crippen LogP contribution in [-0.4, -0.2) is 47.1 Å². The molecule has 24 heavy (non-hydrogen) atoms. The van der Waals surface area contributed by atoms with Crippen molar-refractivity contribution in [3.63, 3.8) is 0 Å². The minimum atomic E-state index is -0.920. The van der Waals surface area contributed by atoms with Gasteiger partial charge in [-0.3, -0.25) is 4.79 Å². The molecule has 0 saturated carbocycles. The van der Waals surface area contributed by atoms with Crippen LogP contribution < -0.4 is 5.32 Å². The molecule has 0 aliphatic carbocycles. The summed E-state index contributed by atoms with van der Waals surface area (Å²) in [5.74, 6) is 0.802. The highest BCUT2D eigenvalue weighted by Crippen LogP contribution is 2.39. The second-order valence-corrected chi connectivity index (χ2v) is 8.92. The molecule has 6 nitrogen and oxygen atoms in total. The normalized spacial score (nSPS) is 20.9. The summed E-state index contributed by atoms with van der Waals surface area (Å²) in [7, 11) is 3.87. The number of ether oxygens (including phenoxy) is 2. The summed E-state index contributed by atoms with van der Waals surface area (Å²) in [5.41, 5.74) is 0. The molecule has 0 radical (unpaired) electrons. The molecule has 0 aromatic heterocycles. The molecule has 8 heteroatoms. The van der Waals surface area contributed by atoms with Crippen LogP contribution in [0, 0.1) is 5.92 Å². The number of aliphatic hydroxyl groups is 1. The monoisotopic (exact) mass is 379 g/mol. The number of alkyl carbamates (subject to hydrolysis) is 1. The number of hydrogen-bond donors (Lipinski definition) is 2. The molecule has 1 aliphatic rings. The number of rotatable bonds is 10. The molecule has 1 rings (SSSR count). The fourth-order valence-corrected chi connectivity index (χ4v) is 5.17. The van der Waals surface area contributed by atoms with Crippen molar-refractivity contribution in [2.45, 2.75) is 70.5 Å². The highest BCUT2D eigenvalue weighted by molar-refractivity contribution is 8.77. The average Bonchev–Trinajstić information content (AvgIpc) is 3.03. The minimum Gasteiger partial charge on any atom is -0.425 e. The van der Waals surface area contributed by atoms with E-state index in [0.29, 0.717) is 6.42 Å². The zero-order valence-electron chi connectivity index (χ0n) is 14.7. The van der Waals surface area contributed by atoms with Crippen molar-refractivity contribution in [2.75, 3.05) is 12.4 Å². The van der Waals surface area contributed by atoms with Crippen molar-refractivity contribution in [3.05, 3.63) is 0 Å². The quantitative estimate of drug-likeness (QED) is 0.261. The lowest BCUT2D eigenvalue weighted by Crippen LogP contribution is -2.40. The first kappa shape index (κ1) is 21.4. The Bertz CT molecular complexity index is 391. The van der Waals surface area contributed by atoms with E-state index < -0.39 is 12.4 Å². The van der Waals surface area contributed by atoms with E-state index in [1.165, 1.54) is 19.1 Å². The minimum absolute atomic E-state index is 0.0238. The van der Waals surface area contributed by atoms with Crippen molar-refractivity contribution in [3.8, 4) is 0 Å². The molecule has 4 atom stereocenters. The van der Waals surface area contributed by atoms with Crippen molar-refractivity contribution < 1.29 is 24.2 Å². The van der Waals surface area contributed by atoms with Crippen molar-refractivity contribution in [1.82, 2.24) is 5.32 Å². The van der Waals surface area contributed by atoms with Gasteiger partial charge in [0.15, 0.2) is 0 Å². The predicted octanol–water partition coefficient (Wildman–Crippen LogP) is 3.33. The molecule has 1 heterocycles. The van der Waals surface area contributed by atoms with E-state index in [0.717, 1.165) is 24.5 Å². The lowest BCUT2D eigenvalue weighted by molar-refractivity contribution is -0.165. The summed E-state index contributed by atoms with van der Waals surface area (Å²) in [6.07, 6.45) is 2.98. The first-order chi connectivity index (χ1) is 11.4. The van der Waals surface area contributed by atoms with Crippen LogP contribution in [0.25, 0.3) is 0 Å². The third-order valence-corrected chi connectivity index (χ3v) is 6.95. The lowest BCUT2D eigenvalue weighted by atomic mass is 10.1. The van der Waals surface area contributed by atoms with E-state index in [-0.39, 0.29) is 24.5 Å². The van der Waals surface area contributed by atoms with Crippen molar-refractivity contribution in [2.24, 2.45) is 5.92 Å². The Morgan fingerprint density at radius 2 is 2.00 bits per heavy atom. The van der Waals surface area contributed by atoms with E-state index in [1.807, 2.05) is 28.5 Å². The van der Waals surface area contributed by atoms with E-state index in [9.17, 15) is 9.59 Å². The van der Waals surface area contributed by atoms with Gasteiger partial charge in [0.1, 0.15) is 0 Å². The Labute approximate surface area is 152 Å². The predicted molar refractivity (Wildman–Crippen MR) is 97.8 cm³/mol. The fraction of sp³-hybridized carbons (Fsp3) is 0.875. The summed E-state index contributed by atoms with van der Waals surface area (Å²) in [6.45, 7) is 5.09. The van der Waals surface area contributed by atoms with Crippen LogP contribution in [0.2, 0.25) is 0 Å². The van der Waals surface area contributed by atoms with Gasteiger partial charge in [-0.1, -0.05) is 34.9 Å². The van der Waals surface area contributed by atoms with Gasteiger partial charge in [0.25, 0.3) is 0 Å². The first-order valence-corrected chi connectivity index (χ1v) is 10.9. The van der Waals surface area contributed by atoms with Crippen molar-refractivity contribution in [1.29, 1.82) is 0 Å². The van der Waals surface area contributed by atoms with Crippen molar-refractivity contribution >= 4 is 33.7 Å².